The van der Waals surface area contributed by atoms with Crippen molar-refractivity contribution in [3.8, 4) is 11.5 Å². The van der Waals surface area contributed by atoms with Gasteiger partial charge >= 0.3 is 0 Å². The Bertz CT molecular complexity index is 633. The summed E-state index contributed by atoms with van der Waals surface area (Å²) >= 11 is 5.74. The third-order valence-electron chi connectivity index (χ3n) is 3.06. The predicted molar refractivity (Wildman–Crippen MR) is 71.4 cm³/mol. The van der Waals surface area contributed by atoms with Gasteiger partial charge < -0.3 is 15.2 Å². The van der Waals surface area contributed by atoms with Crippen molar-refractivity contribution in [3.05, 3.63) is 52.8 Å². The number of rotatable bonds is 2. The molecule has 0 aromatic heterocycles. The molecule has 0 saturated heterocycles. The van der Waals surface area contributed by atoms with Crippen molar-refractivity contribution >= 4 is 17.3 Å². The Balaban J connectivity index is 1.89. The summed E-state index contributed by atoms with van der Waals surface area (Å²) in [4.78, 5) is 0. The molecule has 0 bridgehead atoms. The van der Waals surface area contributed by atoms with E-state index in [0.29, 0.717) is 18.0 Å². The maximum Gasteiger partial charge on any atom is 0.164 e. The van der Waals surface area contributed by atoms with E-state index in [1.54, 1.807) is 30.3 Å². The first kappa shape index (κ1) is 12.1. The quantitative estimate of drug-likeness (QED) is 0.880. The molecular weight excluding hydrogens is 269 g/mol. The summed E-state index contributed by atoms with van der Waals surface area (Å²) in [5, 5.41) is 12.5. The SMILES string of the molecule is Oc1ccc2c(c1)OCC2Nc1cccc(Cl)c1F. The zero-order valence-corrected chi connectivity index (χ0v) is 10.6. The van der Waals surface area contributed by atoms with Crippen LogP contribution in [0, 0.1) is 5.82 Å². The molecule has 1 heterocycles. The number of phenols is 1. The Morgan fingerprint density at radius 2 is 2.16 bits per heavy atom. The molecule has 1 atom stereocenters. The third-order valence-corrected chi connectivity index (χ3v) is 3.35. The average molecular weight is 280 g/mol. The molecule has 0 fully saturated rings. The van der Waals surface area contributed by atoms with E-state index < -0.39 is 5.82 Å². The van der Waals surface area contributed by atoms with E-state index in [1.165, 1.54) is 6.07 Å². The first-order valence-corrected chi connectivity index (χ1v) is 6.19. The van der Waals surface area contributed by atoms with Crippen molar-refractivity contribution in [2.45, 2.75) is 6.04 Å². The van der Waals surface area contributed by atoms with Crippen LogP contribution in [0.2, 0.25) is 5.02 Å². The van der Waals surface area contributed by atoms with Crippen LogP contribution in [0.3, 0.4) is 0 Å². The van der Waals surface area contributed by atoms with Gasteiger partial charge in [-0.05, 0) is 24.3 Å². The van der Waals surface area contributed by atoms with Crippen molar-refractivity contribution in [1.82, 2.24) is 0 Å². The van der Waals surface area contributed by atoms with E-state index in [9.17, 15) is 9.50 Å². The third kappa shape index (κ3) is 2.19. The van der Waals surface area contributed by atoms with Crippen LogP contribution in [0.5, 0.6) is 11.5 Å². The fraction of sp³-hybridized carbons (Fsp3) is 0.143. The van der Waals surface area contributed by atoms with Crippen LogP contribution in [0.15, 0.2) is 36.4 Å². The van der Waals surface area contributed by atoms with E-state index in [0.717, 1.165) is 5.56 Å². The summed E-state index contributed by atoms with van der Waals surface area (Å²) in [6.07, 6.45) is 0. The number of phenolic OH excluding ortho intramolecular Hbond substituents is 1. The van der Waals surface area contributed by atoms with Crippen LogP contribution in [0.4, 0.5) is 10.1 Å². The van der Waals surface area contributed by atoms with Crippen LogP contribution >= 0.6 is 11.6 Å². The minimum atomic E-state index is -0.476. The molecule has 5 heteroatoms. The van der Waals surface area contributed by atoms with Crippen molar-refractivity contribution in [2.24, 2.45) is 0 Å². The highest BCUT2D eigenvalue weighted by Crippen LogP contribution is 2.37. The van der Waals surface area contributed by atoms with Gasteiger partial charge in [-0.15, -0.1) is 0 Å². The number of hydrogen-bond donors (Lipinski definition) is 2. The van der Waals surface area contributed by atoms with E-state index >= 15 is 0 Å². The monoisotopic (exact) mass is 279 g/mol. The molecule has 2 N–H and O–H groups in total. The smallest absolute Gasteiger partial charge is 0.164 e. The second kappa shape index (κ2) is 4.63. The Morgan fingerprint density at radius 3 is 3.00 bits per heavy atom. The van der Waals surface area contributed by atoms with Gasteiger partial charge in [0.15, 0.2) is 5.82 Å². The number of anilines is 1. The largest absolute Gasteiger partial charge is 0.508 e. The van der Waals surface area contributed by atoms with Crippen LogP contribution in [0.25, 0.3) is 0 Å². The van der Waals surface area contributed by atoms with Gasteiger partial charge in [0.1, 0.15) is 18.1 Å². The molecule has 0 amide bonds. The molecule has 0 aliphatic carbocycles. The fourth-order valence-corrected chi connectivity index (χ4v) is 2.30. The molecule has 0 saturated carbocycles. The van der Waals surface area contributed by atoms with Crippen LogP contribution in [-0.4, -0.2) is 11.7 Å². The van der Waals surface area contributed by atoms with Gasteiger partial charge in [-0.2, -0.15) is 0 Å². The first-order chi connectivity index (χ1) is 9.15. The number of fused-ring (bicyclic) bond motifs is 1. The highest BCUT2D eigenvalue weighted by molar-refractivity contribution is 6.31. The first-order valence-electron chi connectivity index (χ1n) is 5.81. The minimum absolute atomic E-state index is 0.0786. The topological polar surface area (TPSA) is 41.5 Å². The summed E-state index contributed by atoms with van der Waals surface area (Å²) in [6.45, 7) is 0.380. The fourth-order valence-electron chi connectivity index (χ4n) is 2.12. The summed E-state index contributed by atoms with van der Waals surface area (Å²) in [6, 6.07) is 9.53. The minimum Gasteiger partial charge on any atom is -0.508 e. The van der Waals surface area contributed by atoms with Crippen LogP contribution in [-0.2, 0) is 0 Å². The van der Waals surface area contributed by atoms with Crippen LogP contribution < -0.4 is 10.1 Å². The lowest BCUT2D eigenvalue weighted by Gasteiger charge is -2.14. The second-order valence-electron chi connectivity index (χ2n) is 4.33. The van der Waals surface area contributed by atoms with Gasteiger partial charge in [0, 0.05) is 11.6 Å². The Labute approximate surface area is 114 Å². The number of aromatic hydroxyl groups is 1. The molecule has 0 spiro atoms. The lowest BCUT2D eigenvalue weighted by Crippen LogP contribution is -2.13. The molecule has 19 heavy (non-hydrogen) atoms. The summed E-state index contributed by atoms with van der Waals surface area (Å²) < 4.78 is 19.3. The highest BCUT2D eigenvalue weighted by atomic mass is 35.5. The number of nitrogens with one attached hydrogen (secondary N) is 1. The lowest BCUT2D eigenvalue weighted by molar-refractivity contribution is 0.338. The molecule has 1 aliphatic heterocycles. The Kier molecular flexibility index (Phi) is 2.95. The average Bonchev–Trinajstić information content (AvgIpc) is 2.77. The number of benzene rings is 2. The van der Waals surface area contributed by atoms with Crippen molar-refractivity contribution in [2.75, 3.05) is 11.9 Å². The maximum atomic E-state index is 13.8. The molecule has 2 aromatic carbocycles. The number of halogens is 2. The zero-order valence-electron chi connectivity index (χ0n) is 9.86. The van der Waals surface area contributed by atoms with Gasteiger partial charge in [0.05, 0.1) is 16.8 Å². The van der Waals surface area contributed by atoms with Gasteiger partial charge in [-0.25, -0.2) is 4.39 Å². The molecule has 98 valence electrons. The van der Waals surface area contributed by atoms with Crippen molar-refractivity contribution < 1.29 is 14.2 Å². The molecule has 3 nitrogen and oxygen atoms in total. The number of ether oxygens (including phenoxy) is 1. The second-order valence-corrected chi connectivity index (χ2v) is 4.74. The maximum absolute atomic E-state index is 13.8. The van der Waals surface area contributed by atoms with Gasteiger partial charge in [0.2, 0.25) is 0 Å². The standard InChI is InChI=1S/C14H11ClFNO2/c15-10-2-1-3-11(14(10)16)17-12-7-19-13-6-8(18)4-5-9(12)13/h1-6,12,17-18H,7H2. The van der Waals surface area contributed by atoms with Gasteiger partial charge in [-0.1, -0.05) is 17.7 Å². The van der Waals surface area contributed by atoms with E-state index in [1.807, 2.05) is 0 Å². The summed E-state index contributed by atoms with van der Waals surface area (Å²) in [7, 11) is 0. The van der Waals surface area contributed by atoms with E-state index in [-0.39, 0.29) is 16.8 Å². The molecule has 3 rings (SSSR count). The Morgan fingerprint density at radius 1 is 1.32 bits per heavy atom. The lowest BCUT2D eigenvalue weighted by atomic mass is 10.1. The molecule has 2 aromatic rings. The van der Waals surface area contributed by atoms with Crippen molar-refractivity contribution in [1.29, 1.82) is 0 Å². The van der Waals surface area contributed by atoms with Crippen LogP contribution in [0.1, 0.15) is 11.6 Å². The molecule has 1 unspecified atom stereocenters. The Hall–Kier alpha value is -1.94. The summed E-state index contributed by atoms with van der Waals surface area (Å²) in [5.74, 6) is 0.282. The van der Waals surface area contributed by atoms with Gasteiger partial charge in [-0.3, -0.25) is 0 Å². The normalized spacial score (nSPS) is 16.8. The molecule has 1 aliphatic rings. The highest BCUT2D eigenvalue weighted by Gasteiger charge is 2.25. The van der Waals surface area contributed by atoms with Gasteiger partial charge in [0.25, 0.3) is 0 Å². The molecular formula is C14H11ClFNO2. The molecule has 0 radical (unpaired) electrons. The predicted octanol–water partition coefficient (Wildman–Crippen LogP) is 3.73. The number of hydrogen-bond acceptors (Lipinski definition) is 3. The van der Waals surface area contributed by atoms with Crippen molar-refractivity contribution in [3.63, 3.8) is 0 Å². The van der Waals surface area contributed by atoms with E-state index in [4.69, 9.17) is 16.3 Å². The van der Waals surface area contributed by atoms with E-state index in [2.05, 4.69) is 5.32 Å². The summed E-state index contributed by atoms with van der Waals surface area (Å²) in [5.41, 5.74) is 1.22. The zero-order chi connectivity index (χ0) is 13.4.